The van der Waals surface area contributed by atoms with E-state index in [0.29, 0.717) is 6.54 Å². The molecule has 0 saturated carbocycles. The van der Waals surface area contributed by atoms with Crippen LogP contribution in [0.4, 0.5) is 13.2 Å². The predicted molar refractivity (Wildman–Crippen MR) is 53.2 cm³/mol. The standard InChI is InChI=1S/C10H13F3N2O/c1-14-7-8-3-2-4-9(15-8)16-6-5-10(11,12)13/h2-4,14H,5-7H2,1H3. The maximum Gasteiger partial charge on any atom is 0.392 e. The maximum atomic E-state index is 11.8. The van der Waals surface area contributed by atoms with Crippen LogP contribution < -0.4 is 10.1 Å². The summed E-state index contributed by atoms with van der Waals surface area (Å²) in [5.41, 5.74) is 0.729. The van der Waals surface area contributed by atoms with Crippen LogP contribution in [0.1, 0.15) is 12.1 Å². The lowest BCUT2D eigenvalue weighted by Crippen LogP contribution is -2.14. The summed E-state index contributed by atoms with van der Waals surface area (Å²) in [6.45, 7) is 0.149. The summed E-state index contributed by atoms with van der Waals surface area (Å²) < 4.78 is 40.5. The molecule has 0 fully saturated rings. The fourth-order valence-corrected chi connectivity index (χ4v) is 1.09. The Kier molecular flexibility index (Phi) is 4.54. The van der Waals surface area contributed by atoms with E-state index in [9.17, 15) is 13.2 Å². The summed E-state index contributed by atoms with van der Waals surface area (Å²) in [6.07, 6.45) is -5.16. The molecule has 1 rings (SSSR count). The van der Waals surface area contributed by atoms with Gasteiger partial charge in [-0.15, -0.1) is 0 Å². The van der Waals surface area contributed by atoms with Gasteiger partial charge in [-0.05, 0) is 13.1 Å². The lowest BCUT2D eigenvalue weighted by atomic mass is 10.3. The van der Waals surface area contributed by atoms with Crippen molar-refractivity contribution in [3.63, 3.8) is 0 Å². The van der Waals surface area contributed by atoms with Crippen molar-refractivity contribution in [2.75, 3.05) is 13.7 Å². The molecular formula is C10H13F3N2O. The van der Waals surface area contributed by atoms with Gasteiger partial charge in [0.25, 0.3) is 0 Å². The molecule has 0 unspecified atom stereocenters. The van der Waals surface area contributed by atoms with Crippen LogP contribution in [0.2, 0.25) is 0 Å². The molecule has 0 spiro atoms. The number of nitrogens with one attached hydrogen (secondary N) is 1. The number of hydrogen-bond donors (Lipinski definition) is 1. The Morgan fingerprint density at radius 1 is 1.38 bits per heavy atom. The van der Waals surface area contributed by atoms with Crippen molar-refractivity contribution in [2.24, 2.45) is 0 Å². The lowest BCUT2D eigenvalue weighted by molar-refractivity contribution is -0.139. The van der Waals surface area contributed by atoms with Crippen LogP contribution in [0.3, 0.4) is 0 Å². The molecule has 0 atom stereocenters. The third-order valence-electron chi connectivity index (χ3n) is 1.77. The van der Waals surface area contributed by atoms with Crippen molar-refractivity contribution in [1.82, 2.24) is 10.3 Å². The largest absolute Gasteiger partial charge is 0.477 e. The van der Waals surface area contributed by atoms with Crippen molar-refractivity contribution in [2.45, 2.75) is 19.1 Å². The van der Waals surface area contributed by atoms with Gasteiger partial charge in [0.2, 0.25) is 5.88 Å². The van der Waals surface area contributed by atoms with E-state index in [1.807, 2.05) is 0 Å². The molecule has 0 amide bonds. The van der Waals surface area contributed by atoms with Gasteiger partial charge in [-0.2, -0.15) is 13.2 Å². The van der Waals surface area contributed by atoms with E-state index >= 15 is 0 Å². The molecule has 1 aromatic rings. The van der Waals surface area contributed by atoms with E-state index in [4.69, 9.17) is 4.74 Å². The van der Waals surface area contributed by atoms with Crippen LogP contribution in [0, 0.1) is 0 Å². The van der Waals surface area contributed by atoms with Crippen molar-refractivity contribution in [3.8, 4) is 5.88 Å². The quantitative estimate of drug-likeness (QED) is 0.847. The van der Waals surface area contributed by atoms with Crippen LogP contribution in [-0.4, -0.2) is 24.8 Å². The first-order valence-corrected chi connectivity index (χ1v) is 4.81. The number of halogens is 3. The highest BCUT2D eigenvalue weighted by Gasteiger charge is 2.26. The lowest BCUT2D eigenvalue weighted by Gasteiger charge is -2.08. The van der Waals surface area contributed by atoms with E-state index in [-0.39, 0.29) is 5.88 Å². The van der Waals surface area contributed by atoms with Gasteiger partial charge >= 0.3 is 6.18 Å². The summed E-state index contributed by atoms with van der Waals surface area (Å²) in [5, 5.41) is 2.89. The Morgan fingerprint density at radius 2 is 2.12 bits per heavy atom. The average Bonchev–Trinajstić information content (AvgIpc) is 2.17. The highest BCUT2D eigenvalue weighted by Crippen LogP contribution is 2.19. The van der Waals surface area contributed by atoms with Crippen LogP contribution >= 0.6 is 0 Å². The molecule has 90 valence electrons. The predicted octanol–water partition coefficient (Wildman–Crippen LogP) is 2.13. The molecule has 0 aliphatic rings. The van der Waals surface area contributed by atoms with Crippen LogP contribution in [0.15, 0.2) is 18.2 Å². The monoisotopic (exact) mass is 234 g/mol. The molecule has 6 heteroatoms. The minimum absolute atomic E-state index is 0.219. The minimum atomic E-state index is -4.19. The summed E-state index contributed by atoms with van der Waals surface area (Å²) in [6, 6.07) is 5.01. The van der Waals surface area contributed by atoms with Gasteiger partial charge < -0.3 is 10.1 Å². The molecule has 3 nitrogen and oxygen atoms in total. The van der Waals surface area contributed by atoms with Crippen molar-refractivity contribution >= 4 is 0 Å². The van der Waals surface area contributed by atoms with Crippen LogP contribution in [-0.2, 0) is 6.54 Å². The first-order chi connectivity index (χ1) is 7.51. The zero-order chi connectivity index (χ0) is 12.0. The number of nitrogens with zero attached hydrogens (tertiary/aromatic N) is 1. The van der Waals surface area contributed by atoms with Gasteiger partial charge in [-0.25, -0.2) is 4.98 Å². The van der Waals surface area contributed by atoms with Crippen LogP contribution in [0.25, 0.3) is 0 Å². The molecule has 0 bridgehead atoms. The zero-order valence-electron chi connectivity index (χ0n) is 8.84. The number of rotatable bonds is 5. The molecule has 16 heavy (non-hydrogen) atoms. The van der Waals surface area contributed by atoms with Gasteiger partial charge in [-0.1, -0.05) is 6.07 Å². The smallest absolute Gasteiger partial charge is 0.392 e. The number of alkyl halides is 3. The number of aromatic nitrogens is 1. The normalized spacial score (nSPS) is 11.5. The van der Waals surface area contributed by atoms with Crippen molar-refractivity contribution < 1.29 is 17.9 Å². The first-order valence-electron chi connectivity index (χ1n) is 4.81. The van der Waals surface area contributed by atoms with E-state index in [1.54, 1.807) is 19.2 Å². The minimum Gasteiger partial charge on any atom is -0.477 e. The molecule has 1 N–H and O–H groups in total. The van der Waals surface area contributed by atoms with Crippen molar-refractivity contribution in [3.05, 3.63) is 23.9 Å². The van der Waals surface area contributed by atoms with E-state index in [2.05, 4.69) is 10.3 Å². The second-order valence-corrected chi connectivity index (χ2v) is 3.21. The first kappa shape index (κ1) is 12.8. The summed E-state index contributed by atoms with van der Waals surface area (Å²) in [5.74, 6) is 0.219. The van der Waals surface area contributed by atoms with Gasteiger partial charge in [0.15, 0.2) is 0 Å². The average molecular weight is 234 g/mol. The maximum absolute atomic E-state index is 11.8. The zero-order valence-corrected chi connectivity index (χ0v) is 8.84. The topological polar surface area (TPSA) is 34.1 Å². The molecule has 0 radical (unpaired) electrons. The number of hydrogen-bond acceptors (Lipinski definition) is 3. The highest BCUT2D eigenvalue weighted by molar-refractivity contribution is 5.15. The van der Waals surface area contributed by atoms with E-state index in [1.165, 1.54) is 6.07 Å². The number of pyridine rings is 1. The second kappa shape index (κ2) is 5.69. The SMILES string of the molecule is CNCc1cccc(OCCC(F)(F)F)n1. The van der Waals surface area contributed by atoms with Gasteiger partial charge in [0.05, 0.1) is 18.7 Å². The third-order valence-corrected chi connectivity index (χ3v) is 1.77. The molecule has 0 aliphatic carbocycles. The molecule has 1 heterocycles. The highest BCUT2D eigenvalue weighted by atomic mass is 19.4. The fraction of sp³-hybridized carbons (Fsp3) is 0.500. The molecule has 0 aliphatic heterocycles. The molecule has 0 aromatic carbocycles. The number of ether oxygens (including phenoxy) is 1. The fourth-order valence-electron chi connectivity index (χ4n) is 1.09. The van der Waals surface area contributed by atoms with Gasteiger partial charge in [0.1, 0.15) is 0 Å². The summed E-state index contributed by atoms with van der Waals surface area (Å²) in [4.78, 5) is 4.03. The van der Waals surface area contributed by atoms with Crippen LogP contribution in [0.5, 0.6) is 5.88 Å². The van der Waals surface area contributed by atoms with Crippen molar-refractivity contribution in [1.29, 1.82) is 0 Å². The van der Waals surface area contributed by atoms with Gasteiger partial charge in [0, 0.05) is 12.6 Å². The Morgan fingerprint density at radius 3 is 2.75 bits per heavy atom. The summed E-state index contributed by atoms with van der Waals surface area (Å²) >= 11 is 0. The Labute approximate surface area is 91.6 Å². The van der Waals surface area contributed by atoms with E-state index in [0.717, 1.165) is 5.69 Å². The molecule has 1 aromatic heterocycles. The Bertz CT molecular complexity index is 328. The Hall–Kier alpha value is -1.30. The molecular weight excluding hydrogens is 221 g/mol. The van der Waals surface area contributed by atoms with Gasteiger partial charge in [-0.3, -0.25) is 0 Å². The summed E-state index contributed by atoms with van der Waals surface area (Å²) in [7, 11) is 1.76. The third kappa shape index (κ3) is 4.97. The second-order valence-electron chi connectivity index (χ2n) is 3.21. The Balaban J connectivity index is 2.44. The van der Waals surface area contributed by atoms with E-state index < -0.39 is 19.2 Å². The molecule has 0 saturated heterocycles.